The van der Waals surface area contributed by atoms with E-state index in [-0.39, 0.29) is 23.1 Å². The summed E-state index contributed by atoms with van der Waals surface area (Å²) in [5.74, 6) is -1.20. The number of nitrogens with zero attached hydrogens (tertiary/aromatic N) is 2. The van der Waals surface area contributed by atoms with Crippen molar-refractivity contribution in [3.05, 3.63) is 29.8 Å². The van der Waals surface area contributed by atoms with Gasteiger partial charge in [-0.25, -0.2) is 4.79 Å². The molecule has 3 aliphatic rings. The molecule has 4 rings (SSSR count). The second-order valence-corrected chi connectivity index (χ2v) is 9.84. The summed E-state index contributed by atoms with van der Waals surface area (Å²) in [7, 11) is 0. The van der Waals surface area contributed by atoms with Gasteiger partial charge in [-0.1, -0.05) is 39.0 Å². The van der Waals surface area contributed by atoms with Gasteiger partial charge in [0, 0.05) is 12.2 Å². The van der Waals surface area contributed by atoms with E-state index in [2.05, 4.69) is 26.1 Å². The van der Waals surface area contributed by atoms with Crippen LogP contribution in [-0.2, 0) is 25.5 Å². The first-order valence-electron chi connectivity index (χ1n) is 10.8. The van der Waals surface area contributed by atoms with Crippen LogP contribution in [0.4, 0.5) is 10.5 Å². The largest absolute Gasteiger partial charge is 0.454 e. The maximum atomic E-state index is 13.1. The van der Waals surface area contributed by atoms with E-state index in [1.807, 2.05) is 24.3 Å². The van der Waals surface area contributed by atoms with Crippen molar-refractivity contribution >= 4 is 29.5 Å². The number of carbonyl (C=O) groups is 4. The Hall–Kier alpha value is -2.90. The summed E-state index contributed by atoms with van der Waals surface area (Å²) in [5, 5.41) is 2.84. The highest BCUT2D eigenvalue weighted by molar-refractivity contribution is 6.09. The summed E-state index contributed by atoms with van der Waals surface area (Å²) < 4.78 is 5.12. The van der Waals surface area contributed by atoms with E-state index in [1.54, 1.807) is 4.90 Å². The molecule has 0 aromatic heterocycles. The molecule has 1 aliphatic carbocycles. The second kappa shape index (κ2) is 7.66. The van der Waals surface area contributed by atoms with Crippen LogP contribution in [0.2, 0.25) is 0 Å². The van der Waals surface area contributed by atoms with Crippen LogP contribution in [0.5, 0.6) is 0 Å². The number of amides is 4. The zero-order chi connectivity index (χ0) is 22.4. The maximum Gasteiger partial charge on any atom is 0.326 e. The Balaban J connectivity index is 1.35. The number of anilines is 1. The van der Waals surface area contributed by atoms with Crippen molar-refractivity contribution in [1.82, 2.24) is 10.2 Å². The molecule has 2 fully saturated rings. The summed E-state index contributed by atoms with van der Waals surface area (Å²) in [6.07, 6.45) is 2.82. The highest BCUT2D eigenvalue weighted by atomic mass is 16.5. The van der Waals surface area contributed by atoms with Crippen molar-refractivity contribution in [1.29, 1.82) is 0 Å². The van der Waals surface area contributed by atoms with Crippen LogP contribution >= 0.6 is 0 Å². The molecule has 1 aromatic carbocycles. The molecule has 8 nitrogen and oxygen atoms in total. The third-order valence-corrected chi connectivity index (χ3v) is 6.46. The van der Waals surface area contributed by atoms with Gasteiger partial charge in [-0.2, -0.15) is 0 Å². The van der Waals surface area contributed by atoms with E-state index in [0.717, 1.165) is 29.0 Å². The quantitative estimate of drug-likeness (QED) is 0.587. The van der Waals surface area contributed by atoms with Crippen molar-refractivity contribution in [2.24, 2.45) is 11.3 Å². The second-order valence-electron chi connectivity index (χ2n) is 9.84. The van der Waals surface area contributed by atoms with E-state index >= 15 is 0 Å². The van der Waals surface area contributed by atoms with Gasteiger partial charge in [-0.05, 0) is 48.6 Å². The van der Waals surface area contributed by atoms with Crippen LogP contribution in [0.1, 0.15) is 45.6 Å². The number of rotatable bonds is 4. The molecule has 1 spiro atoms. The van der Waals surface area contributed by atoms with E-state index in [1.165, 1.54) is 0 Å². The van der Waals surface area contributed by atoms with Gasteiger partial charge in [0.05, 0.1) is 0 Å². The van der Waals surface area contributed by atoms with Crippen molar-refractivity contribution in [3.63, 3.8) is 0 Å². The van der Waals surface area contributed by atoms with Crippen molar-refractivity contribution in [2.75, 3.05) is 24.6 Å². The molecule has 8 heteroatoms. The minimum Gasteiger partial charge on any atom is -0.454 e. The standard InChI is InChI=1S/C23H29N3O5/c1-15-10-22(2,3)14-23(11-15)20(29)26(21(30)24-23)12-19(28)31-13-18(27)25-9-8-16-6-4-5-7-17(16)25/h4-7,15H,8-14H2,1-3H3,(H,24,30)/t15-,23+/m0/s1. The Morgan fingerprint density at radius 2 is 1.94 bits per heavy atom. The summed E-state index contributed by atoms with van der Waals surface area (Å²) in [4.78, 5) is 53.0. The number of fused-ring (bicyclic) bond motifs is 1. The molecule has 1 aromatic rings. The summed E-state index contributed by atoms with van der Waals surface area (Å²) in [6, 6.07) is 7.03. The molecule has 1 N–H and O–H groups in total. The zero-order valence-electron chi connectivity index (χ0n) is 18.3. The lowest BCUT2D eigenvalue weighted by molar-refractivity contribution is -0.151. The molecule has 2 heterocycles. The first-order chi connectivity index (χ1) is 14.6. The van der Waals surface area contributed by atoms with Gasteiger partial charge >= 0.3 is 12.0 Å². The predicted molar refractivity (Wildman–Crippen MR) is 113 cm³/mol. The van der Waals surface area contributed by atoms with Gasteiger partial charge in [0.1, 0.15) is 12.1 Å². The molecule has 0 bridgehead atoms. The van der Waals surface area contributed by atoms with Crippen molar-refractivity contribution in [3.8, 4) is 0 Å². The molecule has 2 aliphatic heterocycles. The van der Waals surface area contributed by atoms with Crippen LogP contribution in [0.25, 0.3) is 0 Å². The van der Waals surface area contributed by atoms with Gasteiger partial charge in [-0.3, -0.25) is 19.3 Å². The Labute approximate surface area is 181 Å². The molecule has 1 saturated carbocycles. The third-order valence-electron chi connectivity index (χ3n) is 6.46. The molecule has 4 amide bonds. The smallest absolute Gasteiger partial charge is 0.326 e. The average Bonchev–Trinajstić information content (AvgIpc) is 3.20. The molecule has 0 unspecified atom stereocenters. The molecule has 0 radical (unpaired) electrons. The number of carbonyl (C=O) groups excluding carboxylic acids is 4. The lowest BCUT2D eigenvalue weighted by atomic mass is 9.64. The van der Waals surface area contributed by atoms with Gasteiger partial charge < -0.3 is 15.0 Å². The van der Waals surface area contributed by atoms with E-state index in [0.29, 0.717) is 19.4 Å². The molecule has 166 valence electrons. The first-order valence-corrected chi connectivity index (χ1v) is 10.8. The molecule has 1 saturated heterocycles. The van der Waals surface area contributed by atoms with E-state index in [4.69, 9.17) is 4.74 Å². The Kier molecular flexibility index (Phi) is 5.27. The number of hydrogen-bond donors (Lipinski definition) is 1. The number of nitrogens with one attached hydrogen (secondary N) is 1. The minimum absolute atomic E-state index is 0.0877. The Bertz CT molecular complexity index is 943. The minimum atomic E-state index is -0.965. The predicted octanol–water partition coefficient (Wildman–Crippen LogP) is 2.26. The first kappa shape index (κ1) is 21.3. The zero-order valence-corrected chi connectivity index (χ0v) is 18.3. The third kappa shape index (κ3) is 4.03. The highest BCUT2D eigenvalue weighted by Crippen LogP contribution is 2.46. The summed E-state index contributed by atoms with van der Waals surface area (Å²) in [6.45, 7) is 5.86. The molecular formula is C23H29N3O5. The number of urea groups is 1. The molecular weight excluding hydrogens is 398 g/mol. The number of ether oxygens (including phenoxy) is 1. The van der Waals surface area contributed by atoms with Crippen LogP contribution in [-0.4, -0.2) is 54.0 Å². The molecule has 2 atom stereocenters. The van der Waals surface area contributed by atoms with Crippen LogP contribution in [0.15, 0.2) is 24.3 Å². The SMILES string of the molecule is C[C@H]1CC(C)(C)C[C@@]2(C1)NC(=O)N(CC(=O)OCC(=O)N1CCc3ccccc31)C2=O. The number of esters is 1. The fraction of sp³-hybridized carbons (Fsp3) is 0.565. The fourth-order valence-electron chi connectivity index (χ4n) is 5.64. The lowest BCUT2D eigenvalue weighted by Crippen LogP contribution is -2.54. The van der Waals surface area contributed by atoms with Crippen LogP contribution < -0.4 is 10.2 Å². The topological polar surface area (TPSA) is 96.0 Å². The van der Waals surface area contributed by atoms with Gasteiger partial charge in [0.25, 0.3) is 11.8 Å². The van der Waals surface area contributed by atoms with Crippen LogP contribution in [0, 0.1) is 11.3 Å². The average molecular weight is 428 g/mol. The summed E-state index contributed by atoms with van der Waals surface area (Å²) >= 11 is 0. The van der Waals surface area contributed by atoms with Crippen molar-refractivity contribution in [2.45, 2.75) is 52.0 Å². The number of para-hydroxylation sites is 1. The number of benzene rings is 1. The van der Waals surface area contributed by atoms with Gasteiger partial charge in [0.15, 0.2) is 6.61 Å². The molecule has 31 heavy (non-hydrogen) atoms. The van der Waals surface area contributed by atoms with Gasteiger partial charge in [-0.15, -0.1) is 0 Å². The summed E-state index contributed by atoms with van der Waals surface area (Å²) in [5.41, 5.74) is 0.855. The fourth-order valence-corrected chi connectivity index (χ4v) is 5.64. The van der Waals surface area contributed by atoms with Crippen LogP contribution in [0.3, 0.4) is 0 Å². The normalized spacial score (nSPS) is 26.7. The monoisotopic (exact) mass is 427 g/mol. The maximum absolute atomic E-state index is 13.1. The van der Waals surface area contributed by atoms with E-state index in [9.17, 15) is 19.2 Å². The Morgan fingerprint density at radius 1 is 1.19 bits per heavy atom. The van der Waals surface area contributed by atoms with Gasteiger partial charge in [0.2, 0.25) is 0 Å². The number of imide groups is 1. The Morgan fingerprint density at radius 3 is 2.68 bits per heavy atom. The van der Waals surface area contributed by atoms with Crippen molar-refractivity contribution < 1.29 is 23.9 Å². The number of hydrogen-bond acceptors (Lipinski definition) is 5. The lowest BCUT2D eigenvalue weighted by Gasteiger charge is -2.43. The van der Waals surface area contributed by atoms with E-state index < -0.39 is 30.7 Å². The highest BCUT2D eigenvalue weighted by Gasteiger charge is 2.56.